The van der Waals surface area contributed by atoms with Crippen LogP contribution < -0.4 is 10.0 Å². The fraction of sp³-hybridized carbons (Fsp3) is 0.211. The van der Waals surface area contributed by atoms with Crippen molar-refractivity contribution in [3.8, 4) is 0 Å². The minimum atomic E-state index is -3.57. The van der Waals surface area contributed by atoms with Crippen molar-refractivity contribution >= 4 is 27.7 Å². The Labute approximate surface area is 148 Å². The molecule has 0 radical (unpaired) electrons. The van der Waals surface area contributed by atoms with Gasteiger partial charge in [-0.2, -0.15) is 0 Å². The van der Waals surface area contributed by atoms with Gasteiger partial charge in [0.05, 0.1) is 4.90 Å². The molecule has 0 heterocycles. The minimum Gasteiger partial charge on any atom is -0.322 e. The van der Waals surface area contributed by atoms with Crippen LogP contribution in [0.25, 0.3) is 6.08 Å². The van der Waals surface area contributed by atoms with Gasteiger partial charge < -0.3 is 5.32 Å². The number of rotatable bonds is 5. The van der Waals surface area contributed by atoms with E-state index in [4.69, 9.17) is 0 Å². The SMILES string of the molecule is CNS(=O)(=O)c1cc(NC(=O)/C=C/c2ccc(C)cc2C)ccc1C. The number of anilines is 1. The summed E-state index contributed by atoms with van der Waals surface area (Å²) in [7, 11) is -2.22. The summed E-state index contributed by atoms with van der Waals surface area (Å²) in [6, 6.07) is 10.8. The van der Waals surface area contributed by atoms with Gasteiger partial charge in [-0.25, -0.2) is 13.1 Å². The molecule has 0 fully saturated rings. The minimum absolute atomic E-state index is 0.145. The Hall–Kier alpha value is -2.44. The highest BCUT2D eigenvalue weighted by atomic mass is 32.2. The molecular weight excluding hydrogens is 336 g/mol. The Morgan fingerprint density at radius 3 is 2.36 bits per heavy atom. The van der Waals surface area contributed by atoms with Gasteiger partial charge in [0.1, 0.15) is 0 Å². The third kappa shape index (κ3) is 4.78. The molecule has 0 aliphatic heterocycles. The average molecular weight is 358 g/mol. The molecule has 1 amide bonds. The van der Waals surface area contributed by atoms with Crippen molar-refractivity contribution in [2.45, 2.75) is 25.7 Å². The average Bonchev–Trinajstić information content (AvgIpc) is 2.55. The highest BCUT2D eigenvalue weighted by molar-refractivity contribution is 7.89. The highest BCUT2D eigenvalue weighted by Gasteiger charge is 2.15. The number of nitrogens with one attached hydrogen (secondary N) is 2. The van der Waals surface area contributed by atoms with E-state index >= 15 is 0 Å². The van der Waals surface area contributed by atoms with Crippen LogP contribution in [-0.4, -0.2) is 21.4 Å². The van der Waals surface area contributed by atoms with Gasteiger partial charge in [0.25, 0.3) is 0 Å². The largest absolute Gasteiger partial charge is 0.322 e. The van der Waals surface area contributed by atoms with E-state index in [0.717, 1.165) is 16.7 Å². The van der Waals surface area contributed by atoms with Gasteiger partial charge in [-0.3, -0.25) is 4.79 Å². The molecule has 6 heteroatoms. The summed E-state index contributed by atoms with van der Waals surface area (Å²) < 4.78 is 26.3. The molecule has 2 aromatic rings. The van der Waals surface area contributed by atoms with Crippen LogP contribution >= 0.6 is 0 Å². The second-order valence-electron chi connectivity index (χ2n) is 5.87. The molecule has 0 atom stereocenters. The van der Waals surface area contributed by atoms with Crippen LogP contribution in [0.3, 0.4) is 0 Å². The van der Waals surface area contributed by atoms with E-state index in [1.54, 1.807) is 25.1 Å². The summed E-state index contributed by atoms with van der Waals surface area (Å²) in [5, 5.41) is 2.69. The fourth-order valence-electron chi connectivity index (χ4n) is 2.44. The third-order valence-corrected chi connectivity index (χ3v) is 5.41. The molecule has 0 unspecified atom stereocenters. The topological polar surface area (TPSA) is 75.3 Å². The van der Waals surface area contributed by atoms with Crippen molar-refractivity contribution in [3.05, 3.63) is 64.7 Å². The molecule has 2 rings (SSSR count). The number of amides is 1. The van der Waals surface area contributed by atoms with Gasteiger partial charge in [0.2, 0.25) is 15.9 Å². The monoisotopic (exact) mass is 358 g/mol. The number of hydrogen-bond donors (Lipinski definition) is 2. The van der Waals surface area contributed by atoms with Gasteiger partial charge in [0, 0.05) is 11.8 Å². The first-order valence-corrected chi connectivity index (χ1v) is 9.32. The van der Waals surface area contributed by atoms with Gasteiger partial charge in [-0.1, -0.05) is 29.8 Å². The van der Waals surface area contributed by atoms with E-state index in [-0.39, 0.29) is 10.8 Å². The van der Waals surface area contributed by atoms with E-state index in [9.17, 15) is 13.2 Å². The lowest BCUT2D eigenvalue weighted by molar-refractivity contribution is -0.111. The lowest BCUT2D eigenvalue weighted by Crippen LogP contribution is -2.20. The number of benzene rings is 2. The Morgan fingerprint density at radius 2 is 1.72 bits per heavy atom. The quantitative estimate of drug-likeness (QED) is 0.806. The van der Waals surface area contributed by atoms with Crippen molar-refractivity contribution < 1.29 is 13.2 Å². The van der Waals surface area contributed by atoms with Crippen LogP contribution in [0.4, 0.5) is 5.69 Å². The van der Waals surface area contributed by atoms with Crippen molar-refractivity contribution in [2.75, 3.05) is 12.4 Å². The van der Waals surface area contributed by atoms with E-state index in [0.29, 0.717) is 11.3 Å². The fourth-order valence-corrected chi connectivity index (χ4v) is 3.43. The first-order chi connectivity index (χ1) is 11.7. The summed E-state index contributed by atoms with van der Waals surface area (Å²) in [4.78, 5) is 12.3. The number of carbonyl (C=O) groups is 1. The maximum absolute atomic E-state index is 12.1. The van der Waals surface area contributed by atoms with E-state index in [1.807, 2.05) is 32.0 Å². The van der Waals surface area contributed by atoms with Gasteiger partial charge >= 0.3 is 0 Å². The lowest BCUT2D eigenvalue weighted by atomic mass is 10.1. The molecule has 2 N–H and O–H groups in total. The molecule has 5 nitrogen and oxygen atoms in total. The molecule has 2 aromatic carbocycles. The summed E-state index contributed by atoms with van der Waals surface area (Å²) in [6.07, 6.45) is 3.17. The van der Waals surface area contributed by atoms with E-state index < -0.39 is 10.0 Å². The maximum atomic E-state index is 12.1. The molecule has 0 bridgehead atoms. The van der Waals surface area contributed by atoms with Crippen LogP contribution in [0.1, 0.15) is 22.3 Å². The zero-order valence-electron chi connectivity index (χ0n) is 14.8. The Bertz CT molecular complexity index is 932. The predicted molar refractivity (Wildman–Crippen MR) is 101 cm³/mol. The normalized spacial score (nSPS) is 11.7. The Kier molecular flexibility index (Phi) is 5.77. The van der Waals surface area contributed by atoms with Gasteiger partial charge in [-0.15, -0.1) is 0 Å². The van der Waals surface area contributed by atoms with Crippen molar-refractivity contribution in [1.29, 1.82) is 0 Å². The molecule has 25 heavy (non-hydrogen) atoms. The molecule has 0 aliphatic rings. The highest BCUT2D eigenvalue weighted by Crippen LogP contribution is 2.20. The summed E-state index contributed by atoms with van der Waals surface area (Å²) in [6.45, 7) is 5.71. The lowest BCUT2D eigenvalue weighted by Gasteiger charge is -2.09. The molecule has 0 spiro atoms. The molecule has 0 saturated carbocycles. The van der Waals surface area contributed by atoms with Crippen LogP contribution in [0, 0.1) is 20.8 Å². The van der Waals surface area contributed by atoms with Crippen molar-refractivity contribution in [3.63, 3.8) is 0 Å². The number of aryl methyl sites for hydroxylation is 3. The first kappa shape index (κ1) is 18.9. The summed E-state index contributed by atoms with van der Waals surface area (Å²) >= 11 is 0. The summed E-state index contributed by atoms with van der Waals surface area (Å²) in [5.41, 5.74) is 4.25. The molecule has 0 aliphatic carbocycles. The third-order valence-electron chi connectivity index (χ3n) is 3.85. The standard InChI is InChI=1S/C19H22N2O3S/c1-13-5-7-16(15(3)11-13)8-10-19(22)21-17-9-6-14(2)18(12-17)25(23,24)20-4/h5-12,20H,1-4H3,(H,21,22)/b10-8+. The second kappa shape index (κ2) is 7.63. The predicted octanol–water partition coefficient (Wildman–Crippen LogP) is 3.17. The zero-order valence-corrected chi connectivity index (χ0v) is 15.6. The van der Waals surface area contributed by atoms with Crippen molar-refractivity contribution in [1.82, 2.24) is 4.72 Å². The van der Waals surface area contributed by atoms with E-state index in [2.05, 4.69) is 10.0 Å². The number of carbonyl (C=O) groups excluding carboxylic acids is 1. The molecule has 0 aromatic heterocycles. The van der Waals surface area contributed by atoms with Crippen LogP contribution in [0.2, 0.25) is 0 Å². The zero-order chi connectivity index (χ0) is 18.6. The number of hydrogen-bond acceptors (Lipinski definition) is 3. The van der Waals surface area contributed by atoms with Crippen molar-refractivity contribution in [2.24, 2.45) is 0 Å². The second-order valence-corrected chi connectivity index (χ2v) is 7.73. The summed E-state index contributed by atoms with van der Waals surface area (Å²) in [5.74, 6) is -0.323. The van der Waals surface area contributed by atoms with Crippen LogP contribution in [0.15, 0.2) is 47.4 Å². The molecule has 132 valence electrons. The van der Waals surface area contributed by atoms with Crippen LogP contribution in [-0.2, 0) is 14.8 Å². The number of sulfonamides is 1. The molecular formula is C19H22N2O3S. The smallest absolute Gasteiger partial charge is 0.248 e. The van der Waals surface area contributed by atoms with Crippen LogP contribution in [0.5, 0.6) is 0 Å². The maximum Gasteiger partial charge on any atom is 0.248 e. The molecule has 0 saturated heterocycles. The van der Waals surface area contributed by atoms with E-state index in [1.165, 1.54) is 19.2 Å². The Balaban J connectivity index is 2.18. The van der Waals surface area contributed by atoms with Gasteiger partial charge in [0.15, 0.2) is 0 Å². The first-order valence-electron chi connectivity index (χ1n) is 7.83. The Morgan fingerprint density at radius 1 is 1.00 bits per heavy atom. The van der Waals surface area contributed by atoms with Gasteiger partial charge in [-0.05, 0) is 62.7 Å².